The summed E-state index contributed by atoms with van der Waals surface area (Å²) in [6.45, 7) is 1.46. The van der Waals surface area contributed by atoms with Crippen molar-refractivity contribution >= 4 is 45.0 Å². The van der Waals surface area contributed by atoms with Crippen molar-refractivity contribution in [2.45, 2.75) is 18.9 Å². The molecule has 0 fully saturated rings. The van der Waals surface area contributed by atoms with Gasteiger partial charge in [-0.3, -0.25) is 4.79 Å². The second-order valence-corrected chi connectivity index (χ2v) is 9.01. The number of nitrogens with zero attached hydrogens (tertiary/aromatic N) is 1. The summed E-state index contributed by atoms with van der Waals surface area (Å²) in [6.07, 6.45) is 0.315. The van der Waals surface area contributed by atoms with E-state index in [0.717, 1.165) is 38.8 Å². The number of aromatic nitrogens is 1. The molecule has 5 rings (SSSR count). The van der Waals surface area contributed by atoms with Crippen molar-refractivity contribution in [2.24, 2.45) is 5.10 Å². The maximum atomic E-state index is 11.3. The number of H-pyrrole nitrogens is 1. The minimum Gasteiger partial charge on any atom is -0.491 e. The molecule has 0 spiro atoms. The average molecular weight is 507 g/mol. The van der Waals surface area contributed by atoms with E-state index in [1.165, 1.54) is 0 Å². The van der Waals surface area contributed by atoms with Crippen molar-refractivity contribution in [1.82, 2.24) is 15.7 Å². The summed E-state index contributed by atoms with van der Waals surface area (Å²) in [5.41, 5.74) is 6.20. The number of carbonyl (C=O) groups is 1. The van der Waals surface area contributed by atoms with Gasteiger partial charge >= 0.3 is 0 Å². The number of amides is 1. The number of fused-ring (bicyclic) bond motifs is 3. The molecule has 0 saturated carbocycles. The fourth-order valence-corrected chi connectivity index (χ4v) is 4.45. The number of nitrogens with one attached hydrogen (secondary N) is 3. The van der Waals surface area contributed by atoms with Crippen molar-refractivity contribution in [3.05, 3.63) is 71.2 Å². The SMILES string of the molecule is O=C1CCC(c2ccc(OCCNCC(O)COc3cccc4[nH]c5ccccc5c34)c(Cl)c2)=NN1. The number of hydrogen-bond acceptors (Lipinski definition) is 6. The summed E-state index contributed by atoms with van der Waals surface area (Å²) in [6, 6.07) is 19.4. The summed E-state index contributed by atoms with van der Waals surface area (Å²) < 4.78 is 11.7. The zero-order chi connectivity index (χ0) is 24.9. The van der Waals surface area contributed by atoms with Crippen LogP contribution in [0, 0.1) is 0 Å². The van der Waals surface area contributed by atoms with E-state index in [0.29, 0.717) is 43.3 Å². The van der Waals surface area contributed by atoms with Crippen LogP contribution in [0.3, 0.4) is 0 Å². The molecule has 1 atom stereocenters. The zero-order valence-corrected chi connectivity index (χ0v) is 20.3. The fraction of sp³-hybridized carbons (Fsp3) is 0.259. The summed E-state index contributed by atoms with van der Waals surface area (Å²) in [5, 5.41) is 20.2. The number of hydrazone groups is 1. The molecule has 1 unspecified atom stereocenters. The van der Waals surface area contributed by atoms with Gasteiger partial charge in [0.2, 0.25) is 5.91 Å². The van der Waals surface area contributed by atoms with E-state index >= 15 is 0 Å². The number of hydrogen-bond donors (Lipinski definition) is 4. The highest BCUT2D eigenvalue weighted by atomic mass is 35.5. The molecule has 3 aromatic carbocycles. The molecule has 4 N–H and O–H groups in total. The lowest BCUT2D eigenvalue weighted by atomic mass is 10.0. The molecule has 1 aromatic heterocycles. The van der Waals surface area contributed by atoms with Crippen LogP contribution in [0.4, 0.5) is 0 Å². The van der Waals surface area contributed by atoms with Crippen LogP contribution >= 0.6 is 11.6 Å². The first-order valence-electron chi connectivity index (χ1n) is 11.9. The molecule has 0 radical (unpaired) electrons. The summed E-state index contributed by atoms with van der Waals surface area (Å²) in [4.78, 5) is 14.7. The number of benzene rings is 3. The molecule has 0 bridgehead atoms. The van der Waals surface area contributed by atoms with Gasteiger partial charge in [-0.05, 0) is 42.0 Å². The molecular formula is C27H27ClN4O4. The first kappa shape index (κ1) is 24.1. The van der Waals surface area contributed by atoms with Crippen LogP contribution in [-0.4, -0.2) is 54.1 Å². The number of aromatic amines is 1. The van der Waals surface area contributed by atoms with Crippen LogP contribution in [0.25, 0.3) is 21.8 Å². The van der Waals surface area contributed by atoms with Gasteiger partial charge in [-0.25, -0.2) is 5.43 Å². The lowest BCUT2D eigenvalue weighted by Crippen LogP contribution is -2.33. The fourth-order valence-electron chi connectivity index (χ4n) is 4.22. The normalized spacial score (nSPS) is 14.5. The van der Waals surface area contributed by atoms with E-state index < -0.39 is 6.10 Å². The van der Waals surface area contributed by atoms with E-state index in [4.69, 9.17) is 21.1 Å². The lowest BCUT2D eigenvalue weighted by Gasteiger charge is -2.15. The maximum Gasteiger partial charge on any atom is 0.240 e. The minimum absolute atomic E-state index is 0.0828. The topological polar surface area (TPSA) is 108 Å². The van der Waals surface area contributed by atoms with Gasteiger partial charge in [0, 0.05) is 42.2 Å². The van der Waals surface area contributed by atoms with E-state index in [1.54, 1.807) is 12.1 Å². The molecule has 9 heteroatoms. The maximum absolute atomic E-state index is 11.3. The quantitative estimate of drug-likeness (QED) is 0.243. The number of rotatable bonds is 10. The number of carbonyl (C=O) groups excluding carboxylic acids is 1. The molecule has 1 amide bonds. The van der Waals surface area contributed by atoms with Gasteiger partial charge in [-0.15, -0.1) is 0 Å². The van der Waals surface area contributed by atoms with Gasteiger partial charge in [-0.1, -0.05) is 35.9 Å². The summed E-state index contributed by atoms with van der Waals surface area (Å²) in [7, 11) is 0. The average Bonchev–Trinajstić information content (AvgIpc) is 3.28. The number of aliphatic hydroxyl groups is 1. The first-order valence-corrected chi connectivity index (χ1v) is 12.3. The Morgan fingerprint density at radius 3 is 2.72 bits per heavy atom. The van der Waals surface area contributed by atoms with Crippen LogP contribution < -0.4 is 20.2 Å². The van der Waals surface area contributed by atoms with E-state index in [1.807, 2.05) is 42.5 Å². The molecule has 1 aliphatic rings. The number of halogens is 1. The van der Waals surface area contributed by atoms with Crippen molar-refractivity contribution in [3.63, 3.8) is 0 Å². The Labute approximate surface area is 213 Å². The number of ether oxygens (including phenoxy) is 2. The van der Waals surface area contributed by atoms with Crippen molar-refractivity contribution in [1.29, 1.82) is 0 Å². The van der Waals surface area contributed by atoms with Crippen LogP contribution in [0.1, 0.15) is 18.4 Å². The third-order valence-corrected chi connectivity index (χ3v) is 6.30. The third-order valence-electron chi connectivity index (χ3n) is 6.01. The largest absolute Gasteiger partial charge is 0.491 e. The Hall–Kier alpha value is -3.59. The van der Waals surface area contributed by atoms with Gasteiger partial charge in [-0.2, -0.15) is 5.10 Å². The Morgan fingerprint density at radius 2 is 1.89 bits per heavy atom. The predicted molar refractivity (Wildman–Crippen MR) is 141 cm³/mol. The van der Waals surface area contributed by atoms with Gasteiger partial charge in [0.15, 0.2) is 0 Å². The monoisotopic (exact) mass is 506 g/mol. The van der Waals surface area contributed by atoms with Gasteiger partial charge < -0.3 is 24.9 Å². The Morgan fingerprint density at radius 1 is 1.03 bits per heavy atom. The molecule has 0 saturated heterocycles. The van der Waals surface area contributed by atoms with Crippen LogP contribution in [0.2, 0.25) is 5.02 Å². The van der Waals surface area contributed by atoms with Crippen LogP contribution in [-0.2, 0) is 4.79 Å². The standard InChI is InChI=1S/C27H27ClN4O4/c28-20-14-17(21-9-11-26(34)32-31-21)8-10-24(20)35-13-12-29-15-18(33)16-36-25-7-3-6-23-27(25)19-4-1-2-5-22(19)30-23/h1-8,10,14,18,29-30,33H,9,11-13,15-16H2,(H,32,34). The molecule has 8 nitrogen and oxygen atoms in total. The molecule has 36 heavy (non-hydrogen) atoms. The van der Waals surface area contributed by atoms with Crippen LogP contribution in [0.15, 0.2) is 65.8 Å². The molecule has 1 aliphatic heterocycles. The number of aliphatic hydroxyl groups excluding tert-OH is 1. The minimum atomic E-state index is -0.676. The summed E-state index contributed by atoms with van der Waals surface area (Å²) in [5.74, 6) is 1.23. The zero-order valence-electron chi connectivity index (χ0n) is 19.6. The summed E-state index contributed by atoms with van der Waals surface area (Å²) >= 11 is 6.36. The molecule has 186 valence electrons. The van der Waals surface area contributed by atoms with E-state index in [-0.39, 0.29) is 12.5 Å². The second-order valence-electron chi connectivity index (χ2n) is 8.61. The first-order chi connectivity index (χ1) is 17.6. The highest BCUT2D eigenvalue weighted by molar-refractivity contribution is 6.32. The van der Waals surface area contributed by atoms with Gasteiger partial charge in [0.1, 0.15) is 30.8 Å². The molecule has 2 heterocycles. The Kier molecular flexibility index (Phi) is 7.36. The third kappa shape index (κ3) is 5.46. The highest BCUT2D eigenvalue weighted by Crippen LogP contribution is 2.33. The predicted octanol–water partition coefficient (Wildman–Crippen LogP) is 4.00. The van der Waals surface area contributed by atoms with Gasteiger partial charge in [0.05, 0.1) is 16.3 Å². The lowest BCUT2D eigenvalue weighted by molar-refractivity contribution is -0.121. The van der Waals surface area contributed by atoms with Gasteiger partial charge in [0.25, 0.3) is 0 Å². The van der Waals surface area contributed by atoms with Crippen LogP contribution in [0.5, 0.6) is 11.5 Å². The van der Waals surface area contributed by atoms with Crippen molar-refractivity contribution in [2.75, 3.05) is 26.3 Å². The Bertz CT molecular complexity index is 1420. The highest BCUT2D eigenvalue weighted by Gasteiger charge is 2.15. The molecular weight excluding hydrogens is 480 g/mol. The van der Waals surface area contributed by atoms with E-state index in [9.17, 15) is 9.90 Å². The number of para-hydroxylation sites is 1. The Balaban J connectivity index is 1.07. The smallest absolute Gasteiger partial charge is 0.240 e. The molecule has 0 aliphatic carbocycles. The van der Waals surface area contributed by atoms with E-state index in [2.05, 4.69) is 26.9 Å². The van der Waals surface area contributed by atoms with Crippen molar-refractivity contribution < 1.29 is 19.4 Å². The molecule has 4 aromatic rings. The second kappa shape index (κ2) is 11.0. The van der Waals surface area contributed by atoms with Crippen molar-refractivity contribution in [3.8, 4) is 11.5 Å².